The van der Waals surface area contributed by atoms with Crippen LogP contribution in [0.5, 0.6) is 0 Å². The lowest BCUT2D eigenvalue weighted by atomic mass is 10.0. The van der Waals surface area contributed by atoms with Gasteiger partial charge in [0.1, 0.15) is 0 Å². The Labute approximate surface area is 79.8 Å². The molecule has 0 heterocycles. The van der Waals surface area contributed by atoms with E-state index in [-0.39, 0.29) is 0 Å². The van der Waals surface area contributed by atoms with Crippen molar-refractivity contribution < 1.29 is 0 Å². The van der Waals surface area contributed by atoms with Crippen LogP contribution in [0.25, 0.3) is 5.57 Å². The third-order valence-electron chi connectivity index (χ3n) is 1.88. The van der Waals surface area contributed by atoms with Gasteiger partial charge in [-0.15, -0.1) is 0 Å². The fourth-order valence-corrected chi connectivity index (χ4v) is 1.25. The topological polar surface area (TPSA) is 12.4 Å². The van der Waals surface area contributed by atoms with Crippen LogP contribution in [0.2, 0.25) is 0 Å². The third-order valence-corrected chi connectivity index (χ3v) is 1.88. The SMILES string of the molecule is C=C(C)c1ccc(C)cc1N=CC. The lowest BCUT2D eigenvalue weighted by molar-refractivity contribution is 1.40. The van der Waals surface area contributed by atoms with Crippen molar-refractivity contribution in [1.82, 2.24) is 0 Å². The first-order chi connectivity index (χ1) is 6.15. The Morgan fingerprint density at radius 3 is 2.69 bits per heavy atom. The molecule has 68 valence electrons. The van der Waals surface area contributed by atoms with Crippen molar-refractivity contribution in [3.63, 3.8) is 0 Å². The molecule has 0 aliphatic carbocycles. The molecule has 0 aliphatic heterocycles. The molecule has 0 saturated carbocycles. The fourth-order valence-electron chi connectivity index (χ4n) is 1.25. The summed E-state index contributed by atoms with van der Waals surface area (Å²) < 4.78 is 0. The van der Waals surface area contributed by atoms with Gasteiger partial charge in [-0.05, 0) is 38.0 Å². The fraction of sp³-hybridized carbons (Fsp3) is 0.250. The monoisotopic (exact) mass is 173 g/mol. The van der Waals surface area contributed by atoms with Crippen LogP contribution in [0.15, 0.2) is 29.8 Å². The van der Waals surface area contributed by atoms with Crippen LogP contribution < -0.4 is 0 Å². The van der Waals surface area contributed by atoms with Crippen molar-refractivity contribution in [2.24, 2.45) is 4.99 Å². The average molecular weight is 173 g/mol. The zero-order valence-corrected chi connectivity index (χ0v) is 8.46. The van der Waals surface area contributed by atoms with Gasteiger partial charge in [-0.3, -0.25) is 4.99 Å². The Morgan fingerprint density at radius 2 is 2.15 bits per heavy atom. The smallest absolute Gasteiger partial charge is 0.0702 e. The first-order valence-electron chi connectivity index (χ1n) is 4.40. The molecule has 0 fully saturated rings. The molecule has 1 aromatic carbocycles. The van der Waals surface area contributed by atoms with Crippen molar-refractivity contribution in [1.29, 1.82) is 0 Å². The molecule has 1 heteroatoms. The molecule has 0 atom stereocenters. The number of hydrogen-bond acceptors (Lipinski definition) is 1. The minimum atomic E-state index is 1.01. The van der Waals surface area contributed by atoms with Gasteiger partial charge in [0.2, 0.25) is 0 Å². The molecule has 0 aliphatic rings. The molecule has 0 spiro atoms. The van der Waals surface area contributed by atoms with Crippen LogP contribution in [0, 0.1) is 6.92 Å². The van der Waals surface area contributed by atoms with E-state index in [1.54, 1.807) is 6.21 Å². The van der Waals surface area contributed by atoms with Gasteiger partial charge in [0.25, 0.3) is 0 Å². The molecule has 0 aromatic heterocycles. The van der Waals surface area contributed by atoms with Crippen molar-refractivity contribution in [2.75, 3.05) is 0 Å². The number of rotatable bonds is 2. The Hall–Kier alpha value is -1.37. The van der Waals surface area contributed by atoms with E-state index in [0.717, 1.165) is 16.8 Å². The zero-order valence-electron chi connectivity index (χ0n) is 8.46. The summed E-state index contributed by atoms with van der Waals surface area (Å²) in [7, 11) is 0. The molecular formula is C12H15N. The van der Waals surface area contributed by atoms with E-state index < -0.39 is 0 Å². The summed E-state index contributed by atoms with van der Waals surface area (Å²) in [6, 6.07) is 6.22. The third kappa shape index (κ3) is 2.28. The molecule has 0 radical (unpaired) electrons. The highest BCUT2D eigenvalue weighted by molar-refractivity contribution is 5.75. The van der Waals surface area contributed by atoms with Gasteiger partial charge in [0.15, 0.2) is 0 Å². The molecule has 0 amide bonds. The molecular weight excluding hydrogens is 158 g/mol. The Kier molecular flexibility index (Phi) is 3.02. The van der Waals surface area contributed by atoms with Crippen LogP contribution in [0.4, 0.5) is 5.69 Å². The minimum absolute atomic E-state index is 1.01. The summed E-state index contributed by atoms with van der Waals surface area (Å²) in [6.07, 6.45) is 1.81. The Balaban J connectivity index is 3.26. The second-order valence-corrected chi connectivity index (χ2v) is 3.19. The molecule has 1 rings (SSSR count). The molecule has 0 N–H and O–H groups in total. The number of allylic oxidation sites excluding steroid dienone is 1. The quantitative estimate of drug-likeness (QED) is 0.604. The standard InChI is InChI=1S/C12H15N/c1-5-13-12-8-10(4)6-7-11(12)9(2)3/h5-8H,2H2,1,3-4H3. The van der Waals surface area contributed by atoms with Crippen LogP contribution in [-0.4, -0.2) is 6.21 Å². The average Bonchev–Trinajstić information content (AvgIpc) is 2.04. The minimum Gasteiger partial charge on any atom is -0.261 e. The van der Waals surface area contributed by atoms with Gasteiger partial charge in [-0.1, -0.05) is 18.7 Å². The maximum atomic E-state index is 4.30. The normalized spacial score (nSPS) is 10.7. The van der Waals surface area contributed by atoms with E-state index in [1.807, 2.05) is 13.8 Å². The van der Waals surface area contributed by atoms with Gasteiger partial charge in [0.05, 0.1) is 5.69 Å². The number of benzene rings is 1. The molecule has 0 unspecified atom stereocenters. The predicted octanol–water partition coefficient (Wildman–Crippen LogP) is 3.75. The maximum Gasteiger partial charge on any atom is 0.0702 e. The van der Waals surface area contributed by atoms with Gasteiger partial charge in [-0.2, -0.15) is 0 Å². The van der Waals surface area contributed by atoms with Crippen molar-refractivity contribution in [3.05, 3.63) is 35.9 Å². The molecule has 13 heavy (non-hydrogen) atoms. The Bertz CT molecular complexity index is 348. The highest BCUT2D eigenvalue weighted by Crippen LogP contribution is 2.25. The highest BCUT2D eigenvalue weighted by Gasteiger charge is 2.00. The Morgan fingerprint density at radius 1 is 1.46 bits per heavy atom. The molecule has 0 bridgehead atoms. The summed E-state index contributed by atoms with van der Waals surface area (Å²) in [5, 5.41) is 0. The number of aliphatic imine (C=N–C) groups is 1. The summed E-state index contributed by atoms with van der Waals surface area (Å²) in [6.45, 7) is 9.91. The van der Waals surface area contributed by atoms with E-state index in [9.17, 15) is 0 Å². The molecule has 0 saturated heterocycles. The van der Waals surface area contributed by atoms with E-state index in [2.05, 4.69) is 36.7 Å². The lowest BCUT2D eigenvalue weighted by Crippen LogP contribution is -1.81. The van der Waals surface area contributed by atoms with Crippen molar-refractivity contribution in [3.8, 4) is 0 Å². The van der Waals surface area contributed by atoms with Crippen LogP contribution >= 0.6 is 0 Å². The predicted molar refractivity (Wildman–Crippen MR) is 59.7 cm³/mol. The van der Waals surface area contributed by atoms with Gasteiger partial charge in [-0.25, -0.2) is 0 Å². The molecule has 1 aromatic rings. The highest BCUT2D eigenvalue weighted by atomic mass is 14.7. The summed E-state index contributed by atoms with van der Waals surface area (Å²) in [5.74, 6) is 0. The van der Waals surface area contributed by atoms with E-state index in [0.29, 0.717) is 0 Å². The first kappa shape index (κ1) is 9.72. The number of aryl methyl sites for hydroxylation is 1. The summed E-state index contributed by atoms with van der Waals surface area (Å²) >= 11 is 0. The number of hydrogen-bond donors (Lipinski definition) is 0. The van der Waals surface area contributed by atoms with E-state index >= 15 is 0 Å². The maximum absolute atomic E-state index is 4.30. The number of nitrogens with zero attached hydrogens (tertiary/aromatic N) is 1. The second-order valence-electron chi connectivity index (χ2n) is 3.19. The van der Waals surface area contributed by atoms with E-state index in [1.165, 1.54) is 5.56 Å². The van der Waals surface area contributed by atoms with Gasteiger partial charge in [0, 0.05) is 11.8 Å². The van der Waals surface area contributed by atoms with Gasteiger partial charge < -0.3 is 0 Å². The van der Waals surface area contributed by atoms with Crippen LogP contribution in [0.3, 0.4) is 0 Å². The van der Waals surface area contributed by atoms with Crippen molar-refractivity contribution >= 4 is 17.5 Å². The van der Waals surface area contributed by atoms with Crippen LogP contribution in [0.1, 0.15) is 25.0 Å². The first-order valence-corrected chi connectivity index (χ1v) is 4.40. The largest absolute Gasteiger partial charge is 0.261 e. The van der Waals surface area contributed by atoms with E-state index in [4.69, 9.17) is 0 Å². The lowest BCUT2D eigenvalue weighted by Gasteiger charge is -2.05. The summed E-state index contributed by atoms with van der Waals surface area (Å²) in [5.41, 5.74) is 4.42. The summed E-state index contributed by atoms with van der Waals surface area (Å²) in [4.78, 5) is 4.30. The van der Waals surface area contributed by atoms with Gasteiger partial charge >= 0.3 is 0 Å². The second kappa shape index (κ2) is 4.04. The molecule has 1 nitrogen and oxygen atoms in total. The van der Waals surface area contributed by atoms with Crippen molar-refractivity contribution in [2.45, 2.75) is 20.8 Å². The van der Waals surface area contributed by atoms with Crippen LogP contribution in [-0.2, 0) is 0 Å². The zero-order chi connectivity index (χ0) is 9.84.